The number of aldehydes is 1. The summed E-state index contributed by atoms with van der Waals surface area (Å²) in [5, 5.41) is 0. The van der Waals surface area contributed by atoms with Crippen molar-refractivity contribution in [3.63, 3.8) is 0 Å². The second kappa shape index (κ2) is 29.2. The van der Waals surface area contributed by atoms with E-state index in [1.165, 1.54) is 25.7 Å². The van der Waals surface area contributed by atoms with Crippen LogP contribution in [0.2, 0.25) is 0 Å². The number of hydrogen-bond acceptors (Lipinski definition) is 2. The van der Waals surface area contributed by atoms with Gasteiger partial charge in [-0.15, -0.1) is 0 Å². The second-order valence-corrected chi connectivity index (χ2v) is 3.22. The van der Waals surface area contributed by atoms with Crippen LogP contribution < -0.4 is 5.73 Å². The molecule has 2 N–H and O–H groups in total. The third kappa shape index (κ3) is 41.9. The van der Waals surface area contributed by atoms with Gasteiger partial charge in [0.05, 0.1) is 0 Å². The van der Waals surface area contributed by atoms with Gasteiger partial charge in [0.2, 0.25) is 0 Å². The second-order valence-electron chi connectivity index (χ2n) is 3.22. The zero-order valence-corrected chi connectivity index (χ0v) is 11.2. The molecule has 96 valence electrons. The Kier molecular flexibility index (Phi) is 39.1. The van der Waals surface area contributed by atoms with Crippen molar-refractivity contribution in [3.05, 3.63) is 0 Å². The average molecular weight is 219 g/mol. The van der Waals surface area contributed by atoms with Crippen molar-refractivity contribution in [2.24, 2.45) is 5.73 Å². The lowest BCUT2D eigenvalue weighted by Crippen LogP contribution is -1.97. The molecule has 0 radical (unpaired) electrons. The SMILES string of the molecule is CC.CCC.NCCCCCCCC=O.[HH]. The highest BCUT2D eigenvalue weighted by Crippen LogP contribution is 2.02. The first kappa shape index (κ1) is 20.1. The molecule has 0 rings (SSSR count). The van der Waals surface area contributed by atoms with Crippen LogP contribution in [-0.4, -0.2) is 12.8 Å². The van der Waals surface area contributed by atoms with Crippen LogP contribution in [-0.2, 0) is 4.79 Å². The first-order valence-electron chi connectivity index (χ1n) is 6.47. The third-order valence-corrected chi connectivity index (χ3v) is 1.53. The summed E-state index contributed by atoms with van der Waals surface area (Å²) in [6.07, 6.45) is 8.76. The first-order chi connectivity index (χ1) is 7.33. The van der Waals surface area contributed by atoms with E-state index < -0.39 is 0 Å². The molecule has 0 aromatic carbocycles. The maximum absolute atomic E-state index is 9.87. The summed E-state index contributed by atoms with van der Waals surface area (Å²) in [7, 11) is 0. The molecule has 0 saturated heterocycles. The predicted molar refractivity (Wildman–Crippen MR) is 72.2 cm³/mol. The van der Waals surface area contributed by atoms with E-state index in [1.54, 1.807) is 0 Å². The van der Waals surface area contributed by atoms with Crippen LogP contribution in [0.25, 0.3) is 0 Å². The molecule has 0 fully saturated rings. The van der Waals surface area contributed by atoms with Gasteiger partial charge in [0, 0.05) is 7.85 Å². The van der Waals surface area contributed by atoms with Gasteiger partial charge in [0.15, 0.2) is 0 Å². The van der Waals surface area contributed by atoms with Gasteiger partial charge in [-0.1, -0.05) is 53.4 Å². The van der Waals surface area contributed by atoms with Crippen molar-refractivity contribution >= 4 is 6.29 Å². The van der Waals surface area contributed by atoms with E-state index in [0.717, 1.165) is 32.1 Å². The molecule has 0 aliphatic carbocycles. The van der Waals surface area contributed by atoms with Gasteiger partial charge in [0.1, 0.15) is 6.29 Å². The summed E-state index contributed by atoms with van der Waals surface area (Å²) in [5.74, 6) is 0. The summed E-state index contributed by atoms with van der Waals surface area (Å²) in [6, 6.07) is 0. The fourth-order valence-electron chi connectivity index (χ4n) is 0.902. The Hall–Kier alpha value is -0.370. The van der Waals surface area contributed by atoms with Crippen molar-refractivity contribution in [2.45, 2.75) is 72.6 Å². The molecule has 0 aliphatic rings. The minimum atomic E-state index is 0. The molecule has 0 atom stereocenters. The lowest BCUT2D eigenvalue weighted by Gasteiger charge is -1.95. The summed E-state index contributed by atoms with van der Waals surface area (Å²) >= 11 is 0. The maximum Gasteiger partial charge on any atom is 0.119 e. The van der Waals surface area contributed by atoms with Gasteiger partial charge in [-0.25, -0.2) is 0 Å². The Labute approximate surface area is 98.1 Å². The normalized spacial score (nSPS) is 8.07. The summed E-state index contributed by atoms with van der Waals surface area (Å²) in [5.41, 5.74) is 5.31. The van der Waals surface area contributed by atoms with Crippen LogP contribution in [0.15, 0.2) is 0 Å². The number of carbonyl (C=O) groups excluding carboxylic acids is 1. The minimum Gasteiger partial charge on any atom is -0.330 e. The zero-order chi connectivity index (χ0) is 12.4. The summed E-state index contributed by atoms with van der Waals surface area (Å²) in [6.45, 7) is 9.05. The summed E-state index contributed by atoms with van der Waals surface area (Å²) in [4.78, 5) is 9.87. The van der Waals surface area contributed by atoms with Gasteiger partial charge in [-0.2, -0.15) is 0 Å². The molecule has 0 saturated carbocycles. The van der Waals surface area contributed by atoms with Gasteiger partial charge in [-0.05, 0) is 19.4 Å². The predicted octanol–water partition coefficient (Wildman–Crippen LogP) is 4.17. The fraction of sp³-hybridized carbons (Fsp3) is 0.923. The Balaban J connectivity index is -0.000000104. The monoisotopic (exact) mass is 219 g/mol. The third-order valence-electron chi connectivity index (χ3n) is 1.53. The molecule has 2 heteroatoms. The molecule has 0 aromatic rings. The molecule has 0 spiro atoms. The van der Waals surface area contributed by atoms with Crippen LogP contribution in [0.1, 0.15) is 74.1 Å². The standard InChI is InChI=1S/C8H17NO.C3H8.C2H6.H2/c9-7-5-3-1-2-4-6-8-10;1-3-2;1-2;/h8H,1-7,9H2;3H2,1-2H3;1-2H3;1H. The van der Waals surface area contributed by atoms with Gasteiger partial charge in [-0.3, -0.25) is 0 Å². The van der Waals surface area contributed by atoms with Gasteiger partial charge in [0.25, 0.3) is 0 Å². The van der Waals surface area contributed by atoms with Gasteiger partial charge >= 0.3 is 0 Å². The van der Waals surface area contributed by atoms with E-state index in [-0.39, 0.29) is 1.43 Å². The smallest absolute Gasteiger partial charge is 0.119 e. The molecule has 0 amide bonds. The van der Waals surface area contributed by atoms with Gasteiger partial charge < -0.3 is 10.5 Å². The number of hydrogen-bond donors (Lipinski definition) is 1. The van der Waals surface area contributed by atoms with Crippen molar-refractivity contribution < 1.29 is 6.22 Å². The number of nitrogens with two attached hydrogens (primary N) is 1. The van der Waals surface area contributed by atoms with E-state index in [4.69, 9.17) is 5.73 Å². The van der Waals surface area contributed by atoms with E-state index in [9.17, 15) is 4.79 Å². The highest BCUT2D eigenvalue weighted by Gasteiger charge is 1.87. The number of rotatable bonds is 7. The van der Waals surface area contributed by atoms with E-state index >= 15 is 0 Å². The Bertz CT molecular complexity index is 90.0. The van der Waals surface area contributed by atoms with Crippen molar-refractivity contribution in [1.29, 1.82) is 0 Å². The lowest BCUT2D eigenvalue weighted by atomic mass is 10.1. The van der Waals surface area contributed by atoms with Crippen LogP contribution in [0, 0.1) is 0 Å². The minimum absolute atomic E-state index is 0. The van der Waals surface area contributed by atoms with Crippen LogP contribution in [0.4, 0.5) is 0 Å². The van der Waals surface area contributed by atoms with Crippen LogP contribution in [0.5, 0.6) is 0 Å². The lowest BCUT2D eigenvalue weighted by molar-refractivity contribution is -0.107. The number of carbonyl (C=O) groups is 1. The summed E-state index contributed by atoms with van der Waals surface area (Å²) < 4.78 is 0. The fourth-order valence-corrected chi connectivity index (χ4v) is 0.902. The molecule has 0 bridgehead atoms. The van der Waals surface area contributed by atoms with Crippen molar-refractivity contribution in [3.8, 4) is 0 Å². The molecule has 0 aliphatic heterocycles. The largest absolute Gasteiger partial charge is 0.330 e. The average Bonchev–Trinajstić information content (AvgIpc) is 2.27. The zero-order valence-electron chi connectivity index (χ0n) is 11.2. The quantitative estimate of drug-likeness (QED) is 0.516. The Morgan fingerprint density at radius 1 is 1.00 bits per heavy atom. The van der Waals surface area contributed by atoms with Crippen molar-refractivity contribution in [2.75, 3.05) is 6.54 Å². The van der Waals surface area contributed by atoms with E-state index in [2.05, 4.69) is 13.8 Å². The molecular weight excluding hydrogens is 186 g/mol. The molecule has 0 unspecified atom stereocenters. The molecular formula is C13H33NO. The number of unbranched alkanes of at least 4 members (excludes halogenated alkanes) is 5. The molecule has 0 aromatic heterocycles. The maximum atomic E-state index is 9.87. The van der Waals surface area contributed by atoms with Crippen LogP contribution in [0.3, 0.4) is 0 Å². The van der Waals surface area contributed by atoms with Crippen molar-refractivity contribution in [1.82, 2.24) is 0 Å². The Morgan fingerprint density at radius 3 is 1.80 bits per heavy atom. The molecule has 15 heavy (non-hydrogen) atoms. The van der Waals surface area contributed by atoms with Crippen LogP contribution >= 0.6 is 0 Å². The highest BCUT2D eigenvalue weighted by molar-refractivity contribution is 5.48. The van der Waals surface area contributed by atoms with E-state index in [0.29, 0.717) is 0 Å². The topological polar surface area (TPSA) is 43.1 Å². The molecule has 0 heterocycles. The molecule has 2 nitrogen and oxygen atoms in total. The Morgan fingerprint density at radius 2 is 1.40 bits per heavy atom. The highest BCUT2D eigenvalue weighted by atomic mass is 16.1. The first-order valence-corrected chi connectivity index (χ1v) is 6.47. The van der Waals surface area contributed by atoms with E-state index in [1.807, 2.05) is 13.8 Å².